The molecule has 2 aliphatic rings. The molecule has 2 heterocycles. The first-order chi connectivity index (χ1) is 14.7. The van der Waals surface area contributed by atoms with E-state index < -0.39 is 30.8 Å². The number of benzene rings is 2. The van der Waals surface area contributed by atoms with Crippen LogP contribution in [-0.2, 0) is 37.0 Å². The van der Waals surface area contributed by atoms with Crippen LogP contribution in [0.5, 0.6) is 0 Å². The number of aryl methyl sites for hydroxylation is 1. The van der Waals surface area contributed by atoms with Crippen LogP contribution in [0.2, 0.25) is 0 Å². The van der Waals surface area contributed by atoms with Gasteiger partial charge >= 0.3 is 0 Å². The van der Waals surface area contributed by atoms with Crippen molar-refractivity contribution >= 4 is 31.6 Å². The summed E-state index contributed by atoms with van der Waals surface area (Å²) in [6.45, 7) is -0.138. The van der Waals surface area contributed by atoms with Gasteiger partial charge in [-0.1, -0.05) is 30.3 Å². The highest BCUT2D eigenvalue weighted by Gasteiger charge is 2.35. The van der Waals surface area contributed by atoms with Crippen LogP contribution in [0, 0.1) is 5.82 Å². The van der Waals surface area contributed by atoms with Crippen molar-refractivity contribution in [1.29, 1.82) is 0 Å². The van der Waals surface area contributed by atoms with Crippen LogP contribution in [0.3, 0.4) is 0 Å². The number of rotatable bonds is 5. The third-order valence-electron chi connectivity index (χ3n) is 5.45. The molecular formula is C20H22FN3O5S2. The number of carbonyl (C=O) groups excluding carboxylic acids is 1. The van der Waals surface area contributed by atoms with E-state index in [-0.39, 0.29) is 49.9 Å². The third-order valence-corrected chi connectivity index (χ3v) is 9.22. The van der Waals surface area contributed by atoms with E-state index in [0.717, 1.165) is 10.4 Å². The van der Waals surface area contributed by atoms with Crippen LogP contribution in [0.25, 0.3) is 0 Å². The van der Waals surface area contributed by atoms with E-state index >= 15 is 0 Å². The molecule has 1 N–H and O–H groups in total. The Bertz CT molecular complexity index is 1210. The van der Waals surface area contributed by atoms with Crippen LogP contribution in [0.4, 0.5) is 10.1 Å². The standard InChI is InChI=1S/C20H22FN3O5S2/c21-17-13-18-16(6-7-20(25)22-18)12-19(17)31(28,29)24-10-8-23(9-11-24)30(26,27)14-15-4-2-1-3-5-15/h1-5,12-13H,6-11,14H2,(H,22,25). The van der Waals surface area contributed by atoms with Gasteiger partial charge in [0, 0.05) is 38.3 Å². The second-order valence-corrected chi connectivity index (χ2v) is 11.4. The SMILES string of the molecule is O=C1CCc2cc(S(=O)(=O)N3CCN(S(=O)(=O)Cc4ccccc4)CC3)c(F)cc2N1. The van der Waals surface area contributed by atoms with Crippen molar-refractivity contribution in [2.45, 2.75) is 23.5 Å². The fourth-order valence-electron chi connectivity index (χ4n) is 3.78. The molecule has 8 nitrogen and oxygen atoms in total. The number of halogens is 1. The number of amides is 1. The van der Waals surface area contributed by atoms with Crippen molar-refractivity contribution < 1.29 is 26.0 Å². The van der Waals surface area contributed by atoms with Gasteiger partial charge in [0.15, 0.2) is 0 Å². The molecule has 11 heteroatoms. The lowest BCUT2D eigenvalue weighted by Gasteiger charge is -2.33. The van der Waals surface area contributed by atoms with Crippen LogP contribution < -0.4 is 5.32 Å². The molecule has 4 rings (SSSR count). The Morgan fingerprint density at radius 1 is 0.903 bits per heavy atom. The van der Waals surface area contributed by atoms with Crippen molar-refractivity contribution in [1.82, 2.24) is 8.61 Å². The van der Waals surface area contributed by atoms with E-state index in [9.17, 15) is 26.0 Å². The Kier molecular flexibility index (Phi) is 5.86. The molecule has 0 aliphatic carbocycles. The molecule has 0 bridgehead atoms. The second-order valence-electron chi connectivity index (χ2n) is 7.53. The van der Waals surface area contributed by atoms with Crippen molar-refractivity contribution in [3.63, 3.8) is 0 Å². The maximum absolute atomic E-state index is 14.6. The molecule has 166 valence electrons. The zero-order valence-corrected chi connectivity index (χ0v) is 18.3. The largest absolute Gasteiger partial charge is 0.326 e. The fourth-order valence-corrected chi connectivity index (χ4v) is 6.82. The normalized spacial score (nSPS) is 18.4. The summed E-state index contributed by atoms with van der Waals surface area (Å²) in [4.78, 5) is 11.0. The van der Waals surface area contributed by atoms with Crippen molar-refractivity contribution in [2.75, 3.05) is 31.5 Å². The van der Waals surface area contributed by atoms with E-state index in [1.807, 2.05) is 0 Å². The average molecular weight is 468 g/mol. The molecule has 2 aromatic rings. The summed E-state index contributed by atoms with van der Waals surface area (Å²) in [5.41, 5.74) is 1.49. The number of hydrogen-bond acceptors (Lipinski definition) is 5. The quantitative estimate of drug-likeness (QED) is 0.719. The highest BCUT2D eigenvalue weighted by atomic mass is 32.2. The molecule has 0 radical (unpaired) electrons. The Balaban J connectivity index is 1.49. The first-order valence-corrected chi connectivity index (χ1v) is 12.9. The molecule has 1 fully saturated rings. The Morgan fingerprint density at radius 2 is 1.55 bits per heavy atom. The van der Waals surface area contributed by atoms with Gasteiger partial charge < -0.3 is 5.32 Å². The minimum absolute atomic E-state index is 0.00296. The molecule has 0 unspecified atom stereocenters. The van der Waals surface area contributed by atoms with Crippen LogP contribution in [-0.4, -0.2) is 57.5 Å². The van der Waals surface area contributed by atoms with Crippen molar-refractivity contribution in [2.24, 2.45) is 0 Å². The fraction of sp³-hybridized carbons (Fsp3) is 0.350. The van der Waals surface area contributed by atoms with Gasteiger partial charge in [-0.15, -0.1) is 0 Å². The van der Waals surface area contributed by atoms with Gasteiger partial charge in [-0.3, -0.25) is 4.79 Å². The van der Waals surface area contributed by atoms with Crippen LogP contribution in [0.15, 0.2) is 47.4 Å². The summed E-state index contributed by atoms with van der Waals surface area (Å²) in [6, 6.07) is 11.0. The molecule has 0 atom stereocenters. The predicted octanol–water partition coefficient (Wildman–Crippen LogP) is 1.55. The number of piperazine rings is 1. The Hall–Kier alpha value is -2.34. The molecule has 2 aliphatic heterocycles. The first-order valence-electron chi connectivity index (χ1n) is 9.81. The predicted molar refractivity (Wildman–Crippen MR) is 113 cm³/mol. The maximum atomic E-state index is 14.6. The van der Waals surface area contributed by atoms with Gasteiger partial charge in [-0.2, -0.15) is 8.61 Å². The molecule has 2 aromatic carbocycles. The van der Waals surface area contributed by atoms with Crippen molar-refractivity contribution in [3.8, 4) is 0 Å². The number of hydrogen-bond donors (Lipinski definition) is 1. The Labute approximate surface area is 180 Å². The molecule has 1 amide bonds. The number of nitrogens with one attached hydrogen (secondary N) is 1. The van der Waals surface area contributed by atoms with Gasteiger partial charge in [0.1, 0.15) is 10.7 Å². The minimum atomic E-state index is -4.14. The topological polar surface area (TPSA) is 104 Å². The molecule has 0 saturated carbocycles. The van der Waals surface area contributed by atoms with E-state index in [1.165, 1.54) is 10.4 Å². The third kappa shape index (κ3) is 4.49. The summed E-state index contributed by atoms with van der Waals surface area (Å²) < 4.78 is 68.4. The lowest BCUT2D eigenvalue weighted by Crippen LogP contribution is -2.50. The Morgan fingerprint density at radius 3 is 2.23 bits per heavy atom. The first kappa shape index (κ1) is 21.9. The number of sulfonamides is 2. The van der Waals surface area contributed by atoms with Crippen molar-refractivity contribution in [3.05, 3.63) is 59.4 Å². The smallest absolute Gasteiger partial charge is 0.246 e. The van der Waals surface area contributed by atoms with Gasteiger partial charge in [0.05, 0.1) is 5.75 Å². The number of nitrogens with zero attached hydrogens (tertiary/aromatic N) is 2. The summed E-state index contributed by atoms with van der Waals surface area (Å²) in [7, 11) is -7.74. The summed E-state index contributed by atoms with van der Waals surface area (Å²) in [5.74, 6) is -1.35. The van der Waals surface area contributed by atoms with Crippen LogP contribution in [0.1, 0.15) is 17.5 Å². The van der Waals surface area contributed by atoms with Gasteiger partial charge in [0.2, 0.25) is 26.0 Å². The molecule has 1 saturated heterocycles. The monoisotopic (exact) mass is 467 g/mol. The van der Waals surface area contributed by atoms with E-state index in [2.05, 4.69) is 5.32 Å². The zero-order chi connectivity index (χ0) is 22.2. The summed E-state index contributed by atoms with van der Waals surface area (Å²) in [5, 5.41) is 2.54. The zero-order valence-electron chi connectivity index (χ0n) is 16.6. The van der Waals surface area contributed by atoms with E-state index in [4.69, 9.17) is 0 Å². The highest BCUT2D eigenvalue weighted by molar-refractivity contribution is 7.89. The van der Waals surface area contributed by atoms with E-state index in [0.29, 0.717) is 17.5 Å². The second kappa shape index (κ2) is 8.30. The maximum Gasteiger partial charge on any atom is 0.246 e. The summed E-state index contributed by atoms with van der Waals surface area (Å²) in [6.07, 6.45) is 0.533. The lowest BCUT2D eigenvalue weighted by atomic mass is 10.0. The molecule has 0 spiro atoms. The molecule has 31 heavy (non-hydrogen) atoms. The molecule has 0 aromatic heterocycles. The molecular weight excluding hydrogens is 445 g/mol. The highest BCUT2D eigenvalue weighted by Crippen LogP contribution is 2.30. The van der Waals surface area contributed by atoms with E-state index in [1.54, 1.807) is 30.3 Å². The lowest BCUT2D eigenvalue weighted by molar-refractivity contribution is -0.116. The number of carbonyl (C=O) groups is 1. The van der Waals surface area contributed by atoms with Gasteiger partial charge in [-0.25, -0.2) is 21.2 Å². The number of anilines is 1. The van der Waals surface area contributed by atoms with Gasteiger partial charge in [0.25, 0.3) is 0 Å². The number of fused-ring (bicyclic) bond motifs is 1. The summed E-state index contributed by atoms with van der Waals surface area (Å²) >= 11 is 0. The minimum Gasteiger partial charge on any atom is -0.326 e. The van der Waals surface area contributed by atoms with Gasteiger partial charge in [-0.05, 0) is 29.7 Å². The average Bonchev–Trinajstić information content (AvgIpc) is 2.73. The van der Waals surface area contributed by atoms with Crippen LogP contribution >= 0.6 is 0 Å².